The highest BCUT2D eigenvalue weighted by molar-refractivity contribution is 8.00. The van der Waals surface area contributed by atoms with E-state index in [1.807, 2.05) is 6.92 Å². The fourth-order valence-corrected chi connectivity index (χ4v) is 1.52. The summed E-state index contributed by atoms with van der Waals surface area (Å²) in [7, 11) is 0. The third-order valence-electron chi connectivity index (χ3n) is 1.71. The Morgan fingerprint density at radius 3 is 2.60 bits per heavy atom. The molecule has 0 aliphatic heterocycles. The molecule has 0 aliphatic rings. The van der Waals surface area contributed by atoms with Gasteiger partial charge in [-0.1, -0.05) is 18.7 Å². The molecule has 0 unspecified atom stereocenters. The van der Waals surface area contributed by atoms with Gasteiger partial charge in [-0.3, -0.25) is 0 Å². The van der Waals surface area contributed by atoms with E-state index >= 15 is 0 Å². The van der Waals surface area contributed by atoms with Crippen molar-refractivity contribution >= 4 is 17.7 Å². The van der Waals surface area contributed by atoms with E-state index in [4.69, 9.17) is 9.52 Å². The van der Waals surface area contributed by atoms with E-state index in [2.05, 4.69) is 0 Å². The monoisotopic (exact) mass is 236 g/mol. The minimum Gasteiger partial charge on any atom is -0.476 e. The molecule has 6 heteroatoms. The number of aryl methyl sites for hydroxylation is 1. The second-order valence-electron chi connectivity index (χ2n) is 2.83. The second kappa shape index (κ2) is 4.65. The number of carboxylic acid groups (broad SMARTS) is 1. The van der Waals surface area contributed by atoms with Gasteiger partial charge < -0.3 is 9.52 Å². The topological polar surface area (TPSA) is 50.4 Å². The largest absolute Gasteiger partial charge is 0.476 e. The smallest absolute Gasteiger partial charge is 0.389 e. The Hall–Kier alpha value is -1.04. The van der Waals surface area contributed by atoms with E-state index in [-0.39, 0.29) is 17.5 Å². The fraction of sp³-hybridized carbons (Fsp3) is 0.444. The highest BCUT2D eigenvalue weighted by atomic mass is 32.2. The molecule has 15 heavy (non-hydrogen) atoms. The van der Waals surface area contributed by atoms with Crippen molar-refractivity contribution in [2.45, 2.75) is 24.4 Å². The molecule has 3 nitrogen and oxygen atoms in total. The molecule has 1 rings (SSSR count). The summed E-state index contributed by atoms with van der Waals surface area (Å²) in [6, 6.07) is 3.26. The van der Waals surface area contributed by atoms with Gasteiger partial charge in [0.15, 0.2) is 0 Å². The van der Waals surface area contributed by atoms with Crippen LogP contribution in [0.4, 0.5) is 8.78 Å². The van der Waals surface area contributed by atoms with Gasteiger partial charge in [0.2, 0.25) is 0 Å². The summed E-state index contributed by atoms with van der Waals surface area (Å²) < 4.78 is 30.4. The molecule has 84 valence electrons. The van der Waals surface area contributed by atoms with E-state index in [1.54, 1.807) is 12.1 Å². The quantitative estimate of drug-likeness (QED) is 0.854. The summed E-state index contributed by atoms with van der Waals surface area (Å²) in [5, 5.41) is 4.40. The van der Waals surface area contributed by atoms with E-state index in [0.29, 0.717) is 17.9 Å². The van der Waals surface area contributed by atoms with Crippen molar-refractivity contribution in [1.29, 1.82) is 0 Å². The van der Waals surface area contributed by atoms with Gasteiger partial charge in [-0.2, -0.15) is 8.78 Å². The molecule has 0 radical (unpaired) electrons. The first-order valence-electron chi connectivity index (χ1n) is 4.28. The summed E-state index contributed by atoms with van der Waals surface area (Å²) in [5.74, 6) is -1.23. The standard InChI is InChI=1S/C9H10F2O3S/c1-2-6-3-4-7(14-6)5-15-9(10,11)8(12)13/h3-4H,2,5H2,1H3,(H,12,13). The Morgan fingerprint density at radius 2 is 2.13 bits per heavy atom. The van der Waals surface area contributed by atoms with E-state index < -0.39 is 11.2 Å². The van der Waals surface area contributed by atoms with Gasteiger partial charge in [0.05, 0.1) is 5.75 Å². The van der Waals surface area contributed by atoms with Gasteiger partial charge in [-0.25, -0.2) is 4.79 Å². The summed E-state index contributed by atoms with van der Waals surface area (Å²) in [6.07, 6.45) is 0.681. The number of carbonyl (C=O) groups is 1. The van der Waals surface area contributed by atoms with E-state index in [1.165, 1.54) is 0 Å². The van der Waals surface area contributed by atoms with Crippen LogP contribution in [0.2, 0.25) is 0 Å². The van der Waals surface area contributed by atoms with Gasteiger partial charge in [0.25, 0.3) is 0 Å². The lowest BCUT2D eigenvalue weighted by Gasteiger charge is -2.08. The Bertz CT molecular complexity index is 349. The van der Waals surface area contributed by atoms with Crippen LogP contribution in [-0.2, 0) is 17.0 Å². The Kier molecular flexibility index (Phi) is 3.73. The van der Waals surface area contributed by atoms with Crippen LogP contribution < -0.4 is 0 Å². The molecule has 0 fully saturated rings. The number of hydrogen-bond acceptors (Lipinski definition) is 3. The lowest BCUT2D eigenvalue weighted by atomic mass is 10.4. The first-order chi connectivity index (χ1) is 6.95. The zero-order valence-corrected chi connectivity index (χ0v) is 8.81. The molecular formula is C9H10F2O3S. The number of furan rings is 1. The lowest BCUT2D eigenvalue weighted by molar-refractivity contribution is -0.152. The second-order valence-corrected chi connectivity index (χ2v) is 3.92. The minimum atomic E-state index is -3.76. The number of rotatable bonds is 5. The molecular weight excluding hydrogens is 226 g/mol. The van der Waals surface area contributed by atoms with Crippen LogP contribution in [0.3, 0.4) is 0 Å². The maximum Gasteiger partial charge on any atom is 0.389 e. The number of carboxylic acids is 1. The van der Waals surface area contributed by atoms with Crippen molar-refractivity contribution in [2.75, 3.05) is 0 Å². The van der Waals surface area contributed by atoms with Crippen molar-refractivity contribution in [3.05, 3.63) is 23.7 Å². The van der Waals surface area contributed by atoms with Crippen LogP contribution in [0.25, 0.3) is 0 Å². The Labute approximate surface area is 89.5 Å². The highest BCUT2D eigenvalue weighted by Crippen LogP contribution is 2.32. The third-order valence-corrected chi connectivity index (χ3v) is 2.68. The van der Waals surface area contributed by atoms with Crippen LogP contribution >= 0.6 is 11.8 Å². The zero-order valence-electron chi connectivity index (χ0n) is 8.00. The molecule has 0 amide bonds. The molecule has 0 aromatic carbocycles. The first kappa shape index (κ1) is 12.0. The summed E-state index contributed by atoms with van der Waals surface area (Å²) in [5.41, 5.74) is 0. The first-order valence-corrected chi connectivity index (χ1v) is 5.27. The number of hydrogen-bond donors (Lipinski definition) is 1. The Balaban J connectivity index is 2.53. The molecule has 1 heterocycles. The van der Waals surface area contributed by atoms with Crippen LogP contribution in [0.1, 0.15) is 18.4 Å². The summed E-state index contributed by atoms with van der Waals surface area (Å²) in [4.78, 5) is 10.1. The minimum absolute atomic E-state index is 0.0371. The van der Waals surface area contributed by atoms with Crippen molar-refractivity contribution in [3.8, 4) is 0 Å². The number of alkyl halides is 2. The maximum absolute atomic E-state index is 12.6. The van der Waals surface area contributed by atoms with Crippen molar-refractivity contribution < 1.29 is 23.1 Å². The molecule has 0 bridgehead atoms. The summed E-state index contributed by atoms with van der Waals surface area (Å²) in [6.45, 7) is 1.88. The van der Waals surface area contributed by atoms with Crippen LogP contribution in [0.15, 0.2) is 16.5 Å². The average Bonchev–Trinajstić information content (AvgIpc) is 2.62. The van der Waals surface area contributed by atoms with Gasteiger partial charge >= 0.3 is 11.2 Å². The van der Waals surface area contributed by atoms with E-state index in [0.717, 1.165) is 0 Å². The maximum atomic E-state index is 12.6. The molecule has 0 saturated heterocycles. The number of halogens is 2. The van der Waals surface area contributed by atoms with Crippen LogP contribution in [0, 0.1) is 0 Å². The zero-order chi connectivity index (χ0) is 11.5. The normalized spacial score (nSPS) is 11.7. The highest BCUT2D eigenvalue weighted by Gasteiger charge is 2.39. The van der Waals surface area contributed by atoms with Crippen molar-refractivity contribution in [3.63, 3.8) is 0 Å². The molecule has 0 saturated carbocycles. The van der Waals surface area contributed by atoms with Gasteiger partial charge in [0, 0.05) is 6.42 Å². The summed E-state index contributed by atoms with van der Waals surface area (Å²) >= 11 is 0.0371. The predicted molar refractivity (Wildman–Crippen MR) is 52.0 cm³/mol. The molecule has 0 atom stereocenters. The number of aliphatic carboxylic acids is 1. The van der Waals surface area contributed by atoms with Gasteiger partial charge in [0.1, 0.15) is 11.5 Å². The average molecular weight is 236 g/mol. The fourth-order valence-electron chi connectivity index (χ4n) is 0.913. The predicted octanol–water partition coefficient (Wildman–Crippen LogP) is 2.75. The van der Waals surface area contributed by atoms with Crippen LogP contribution in [-0.4, -0.2) is 16.3 Å². The molecule has 1 N–H and O–H groups in total. The van der Waals surface area contributed by atoms with Crippen molar-refractivity contribution in [2.24, 2.45) is 0 Å². The molecule has 1 aromatic heterocycles. The van der Waals surface area contributed by atoms with Gasteiger partial charge in [-0.05, 0) is 12.1 Å². The van der Waals surface area contributed by atoms with E-state index in [9.17, 15) is 13.6 Å². The Morgan fingerprint density at radius 1 is 1.53 bits per heavy atom. The third kappa shape index (κ3) is 3.23. The SMILES string of the molecule is CCc1ccc(CSC(F)(F)C(=O)O)o1. The molecule has 1 aromatic rings. The number of thioether (sulfide) groups is 1. The van der Waals surface area contributed by atoms with Gasteiger partial charge in [-0.15, -0.1) is 0 Å². The van der Waals surface area contributed by atoms with Crippen LogP contribution in [0.5, 0.6) is 0 Å². The molecule has 0 spiro atoms. The lowest BCUT2D eigenvalue weighted by Crippen LogP contribution is -2.23. The molecule has 0 aliphatic carbocycles. The van der Waals surface area contributed by atoms with Crippen molar-refractivity contribution in [1.82, 2.24) is 0 Å².